The van der Waals surface area contributed by atoms with Crippen molar-refractivity contribution in [3.63, 3.8) is 0 Å². The predicted octanol–water partition coefficient (Wildman–Crippen LogP) is 3.57. The van der Waals surface area contributed by atoms with Crippen LogP contribution in [0.1, 0.15) is 73.4 Å². The smallest absolute Gasteiger partial charge is 0.336 e. The van der Waals surface area contributed by atoms with Crippen molar-refractivity contribution in [2.24, 2.45) is 0 Å². The summed E-state index contributed by atoms with van der Waals surface area (Å²) in [5.41, 5.74) is -0.161. The summed E-state index contributed by atoms with van der Waals surface area (Å²) in [6.45, 7) is 10.9. The van der Waals surface area contributed by atoms with Crippen molar-refractivity contribution in [1.29, 1.82) is 0 Å². The van der Waals surface area contributed by atoms with E-state index in [1.165, 1.54) is 12.1 Å². The van der Waals surface area contributed by atoms with Gasteiger partial charge in [0.15, 0.2) is 11.6 Å². The Morgan fingerprint density at radius 3 is 1.14 bits per heavy atom. The standard InChI is InChI=1S/C20H30O8/c1-7-25-19(5,26-8-2)15-13(17(21)22)11-12-14(18(23)24)16(15)20(6,27-9-3)28-10-4/h11-12H,7-10H2,1-6H3,(H,21,22)(H,23,24). The molecule has 0 atom stereocenters. The number of benzene rings is 1. The number of rotatable bonds is 12. The lowest BCUT2D eigenvalue weighted by Gasteiger charge is -2.38. The molecular formula is C20H30O8. The molecule has 0 aliphatic rings. The minimum atomic E-state index is -1.52. The van der Waals surface area contributed by atoms with E-state index in [4.69, 9.17) is 18.9 Å². The molecule has 158 valence electrons. The molecule has 0 aliphatic heterocycles. The second-order valence-corrected chi connectivity index (χ2v) is 6.14. The van der Waals surface area contributed by atoms with Gasteiger partial charge in [-0.2, -0.15) is 0 Å². The average molecular weight is 398 g/mol. The first-order valence-corrected chi connectivity index (χ1v) is 9.32. The van der Waals surface area contributed by atoms with Gasteiger partial charge in [0.1, 0.15) is 0 Å². The summed E-state index contributed by atoms with van der Waals surface area (Å²) < 4.78 is 23.1. The molecule has 0 saturated carbocycles. The Morgan fingerprint density at radius 2 is 0.964 bits per heavy atom. The minimum Gasteiger partial charge on any atom is -0.478 e. The lowest BCUT2D eigenvalue weighted by molar-refractivity contribution is -0.248. The van der Waals surface area contributed by atoms with Gasteiger partial charge < -0.3 is 29.2 Å². The molecule has 2 N–H and O–H groups in total. The summed E-state index contributed by atoms with van der Waals surface area (Å²) in [4.78, 5) is 24.0. The van der Waals surface area contributed by atoms with Crippen molar-refractivity contribution in [2.45, 2.75) is 53.1 Å². The summed E-state index contributed by atoms with van der Waals surface area (Å²) in [5, 5.41) is 19.6. The maximum absolute atomic E-state index is 12.0. The Kier molecular flexibility index (Phi) is 8.56. The molecule has 0 radical (unpaired) electrons. The van der Waals surface area contributed by atoms with Crippen LogP contribution >= 0.6 is 0 Å². The molecular weight excluding hydrogens is 368 g/mol. The molecule has 0 aliphatic carbocycles. The highest BCUT2D eigenvalue weighted by Crippen LogP contribution is 2.42. The van der Waals surface area contributed by atoms with E-state index in [0.717, 1.165) is 0 Å². The SMILES string of the molecule is CCOC(C)(OCC)c1c(C(=O)O)ccc(C(=O)O)c1C(C)(OCC)OCC. The van der Waals surface area contributed by atoms with Crippen molar-refractivity contribution >= 4 is 11.9 Å². The lowest BCUT2D eigenvalue weighted by Crippen LogP contribution is -2.40. The maximum Gasteiger partial charge on any atom is 0.336 e. The zero-order valence-electron chi connectivity index (χ0n) is 17.3. The monoisotopic (exact) mass is 398 g/mol. The minimum absolute atomic E-state index is 0.0630. The molecule has 0 heterocycles. The molecule has 0 saturated heterocycles. The number of carboxylic acids is 2. The van der Waals surface area contributed by atoms with Crippen molar-refractivity contribution in [3.8, 4) is 0 Å². The zero-order chi connectivity index (χ0) is 21.5. The molecule has 0 bridgehead atoms. The largest absolute Gasteiger partial charge is 0.478 e. The van der Waals surface area contributed by atoms with Gasteiger partial charge >= 0.3 is 11.9 Å². The van der Waals surface area contributed by atoms with Crippen molar-refractivity contribution < 1.29 is 38.7 Å². The third-order valence-electron chi connectivity index (χ3n) is 4.25. The third-order valence-corrected chi connectivity index (χ3v) is 4.25. The number of carbonyl (C=O) groups is 2. The van der Waals surface area contributed by atoms with E-state index in [2.05, 4.69) is 0 Å². The number of carboxylic acid groups (broad SMARTS) is 2. The summed E-state index contributed by atoms with van der Waals surface area (Å²) in [6.07, 6.45) is 0. The first-order valence-electron chi connectivity index (χ1n) is 9.32. The van der Waals surface area contributed by atoms with Crippen LogP contribution in [0.15, 0.2) is 12.1 Å². The van der Waals surface area contributed by atoms with Gasteiger partial charge in [0.05, 0.1) is 11.1 Å². The topological polar surface area (TPSA) is 112 Å². The summed E-state index contributed by atoms with van der Waals surface area (Å²) in [6, 6.07) is 2.47. The average Bonchev–Trinajstić information content (AvgIpc) is 2.61. The molecule has 8 nitrogen and oxygen atoms in total. The molecule has 8 heteroatoms. The van der Waals surface area contributed by atoms with E-state index < -0.39 is 23.5 Å². The van der Waals surface area contributed by atoms with Crippen LogP contribution in [0.3, 0.4) is 0 Å². The van der Waals surface area contributed by atoms with Crippen molar-refractivity contribution in [1.82, 2.24) is 0 Å². The number of aromatic carboxylic acids is 2. The van der Waals surface area contributed by atoms with E-state index in [1.807, 2.05) is 0 Å². The molecule has 1 rings (SSSR count). The Bertz CT molecular complexity index is 627. The highest BCUT2D eigenvalue weighted by molar-refractivity contribution is 5.95. The van der Waals surface area contributed by atoms with Gasteiger partial charge in [-0.15, -0.1) is 0 Å². The van der Waals surface area contributed by atoms with Crippen LogP contribution in [0, 0.1) is 0 Å². The van der Waals surface area contributed by atoms with Crippen molar-refractivity contribution in [2.75, 3.05) is 26.4 Å². The lowest BCUT2D eigenvalue weighted by atomic mass is 9.86. The Morgan fingerprint density at radius 1 is 0.714 bits per heavy atom. The van der Waals surface area contributed by atoms with Crippen LogP contribution in [0.4, 0.5) is 0 Å². The fourth-order valence-corrected chi connectivity index (χ4v) is 3.38. The first-order chi connectivity index (χ1) is 13.1. The molecule has 1 aromatic rings. The van der Waals surface area contributed by atoms with Gasteiger partial charge in [-0.05, 0) is 53.7 Å². The van der Waals surface area contributed by atoms with Gasteiger partial charge in [-0.3, -0.25) is 0 Å². The van der Waals surface area contributed by atoms with Crippen LogP contribution in [0.5, 0.6) is 0 Å². The van der Waals surface area contributed by atoms with Gasteiger partial charge in [0.25, 0.3) is 0 Å². The molecule has 1 aromatic carbocycles. The molecule has 0 fully saturated rings. The van der Waals surface area contributed by atoms with Crippen molar-refractivity contribution in [3.05, 3.63) is 34.4 Å². The molecule has 0 amide bonds. The van der Waals surface area contributed by atoms with Gasteiger partial charge in [-0.25, -0.2) is 9.59 Å². The summed E-state index contributed by atoms with van der Waals surface area (Å²) >= 11 is 0. The van der Waals surface area contributed by atoms with E-state index in [0.29, 0.717) is 0 Å². The molecule has 0 unspecified atom stereocenters. The Labute approximate surface area is 165 Å². The van der Waals surface area contributed by atoms with E-state index in [9.17, 15) is 19.8 Å². The summed E-state index contributed by atoms with van der Waals surface area (Å²) in [5.74, 6) is -5.52. The highest BCUT2D eigenvalue weighted by atomic mass is 16.7. The fraction of sp³-hybridized carbons (Fsp3) is 0.600. The number of ether oxygens (including phenoxy) is 4. The predicted molar refractivity (Wildman–Crippen MR) is 102 cm³/mol. The van der Waals surface area contributed by atoms with Crippen LogP contribution in [0.25, 0.3) is 0 Å². The van der Waals surface area contributed by atoms with Gasteiger partial charge in [0.2, 0.25) is 0 Å². The second-order valence-electron chi connectivity index (χ2n) is 6.14. The van der Waals surface area contributed by atoms with Crippen LogP contribution in [-0.4, -0.2) is 48.6 Å². The number of hydrogen-bond donors (Lipinski definition) is 2. The molecule has 0 spiro atoms. The van der Waals surface area contributed by atoms with E-state index >= 15 is 0 Å². The van der Waals surface area contributed by atoms with Crippen LogP contribution < -0.4 is 0 Å². The zero-order valence-corrected chi connectivity index (χ0v) is 17.3. The van der Waals surface area contributed by atoms with Crippen LogP contribution in [0.2, 0.25) is 0 Å². The second kappa shape index (κ2) is 9.97. The maximum atomic E-state index is 12.0. The Hall–Kier alpha value is -2.00. The number of hydrogen-bond acceptors (Lipinski definition) is 6. The first kappa shape index (κ1) is 24.0. The third kappa shape index (κ3) is 4.88. The Balaban J connectivity index is 4.09. The normalized spacial score (nSPS) is 12.2. The molecule has 0 aromatic heterocycles. The fourth-order valence-electron chi connectivity index (χ4n) is 3.38. The van der Waals surface area contributed by atoms with E-state index in [1.54, 1.807) is 41.5 Å². The van der Waals surface area contributed by atoms with E-state index in [-0.39, 0.29) is 48.7 Å². The van der Waals surface area contributed by atoms with Gasteiger partial charge in [0, 0.05) is 37.6 Å². The van der Waals surface area contributed by atoms with Gasteiger partial charge in [-0.1, -0.05) is 0 Å². The quantitative estimate of drug-likeness (QED) is 0.514. The molecule has 28 heavy (non-hydrogen) atoms. The van der Waals surface area contributed by atoms with Crippen LogP contribution in [-0.2, 0) is 30.5 Å². The highest BCUT2D eigenvalue weighted by Gasteiger charge is 2.44. The summed E-state index contributed by atoms with van der Waals surface area (Å²) in [7, 11) is 0.